The number of carbonyl (C=O) groups excluding carboxylic acids is 1. The van der Waals surface area contributed by atoms with Gasteiger partial charge in [0.05, 0.1) is 13.2 Å². The minimum atomic E-state index is 0.358. The standard InChI is InChI=1S/C17H30N2O2/c1-13(2)9-19(16-5-6-16)17(20)11-18(15-3-4-15)10-14-7-8-21-12-14/h13-16H,3-12H2,1-2H3. The van der Waals surface area contributed by atoms with Gasteiger partial charge in [-0.2, -0.15) is 0 Å². The van der Waals surface area contributed by atoms with Gasteiger partial charge in [-0.25, -0.2) is 0 Å². The quantitative estimate of drug-likeness (QED) is 0.687. The maximum Gasteiger partial charge on any atom is 0.237 e. The number of amides is 1. The van der Waals surface area contributed by atoms with Crippen LogP contribution in [0.1, 0.15) is 46.0 Å². The Kier molecular flexibility index (Phi) is 4.85. The molecule has 0 aromatic heterocycles. The summed E-state index contributed by atoms with van der Waals surface area (Å²) in [4.78, 5) is 17.3. The first-order valence-electron chi connectivity index (χ1n) is 8.74. The van der Waals surface area contributed by atoms with E-state index in [0.29, 0.717) is 36.4 Å². The van der Waals surface area contributed by atoms with Gasteiger partial charge in [0, 0.05) is 31.8 Å². The van der Waals surface area contributed by atoms with Gasteiger partial charge >= 0.3 is 0 Å². The molecule has 1 heterocycles. The maximum absolute atomic E-state index is 12.7. The zero-order chi connectivity index (χ0) is 14.8. The third kappa shape index (κ3) is 4.43. The molecule has 0 radical (unpaired) electrons. The van der Waals surface area contributed by atoms with Crippen molar-refractivity contribution in [3.8, 4) is 0 Å². The van der Waals surface area contributed by atoms with Gasteiger partial charge in [-0.15, -0.1) is 0 Å². The van der Waals surface area contributed by atoms with Gasteiger partial charge in [-0.05, 0) is 43.9 Å². The third-order valence-corrected chi connectivity index (χ3v) is 4.79. The molecule has 1 amide bonds. The second-order valence-corrected chi connectivity index (χ2v) is 7.56. The average Bonchev–Trinajstić information content (AvgIpc) is 3.35. The van der Waals surface area contributed by atoms with E-state index in [1.807, 2.05) is 0 Å². The Balaban J connectivity index is 1.54. The van der Waals surface area contributed by atoms with Crippen molar-refractivity contribution in [3.05, 3.63) is 0 Å². The van der Waals surface area contributed by atoms with Crippen LogP contribution in [-0.4, -0.2) is 60.6 Å². The van der Waals surface area contributed by atoms with Crippen molar-refractivity contribution in [3.63, 3.8) is 0 Å². The lowest BCUT2D eigenvalue weighted by Gasteiger charge is -2.30. The normalized spacial score (nSPS) is 25.8. The Morgan fingerprint density at radius 2 is 1.86 bits per heavy atom. The summed E-state index contributed by atoms with van der Waals surface area (Å²) in [7, 11) is 0. The van der Waals surface area contributed by atoms with Crippen molar-refractivity contribution in [1.29, 1.82) is 0 Å². The number of rotatable bonds is 8. The van der Waals surface area contributed by atoms with Crippen molar-refractivity contribution in [2.24, 2.45) is 11.8 Å². The summed E-state index contributed by atoms with van der Waals surface area (Å²) in [5.41, 5.74) is 0. The molecule has 4 nitrogen and oxygen atoms in total. The summed E-state index contributed by atoms with van der Waals surface area (Å²) in [6.45, 7) is 8.80. The highest BCUT2D eigenvalue weighted by atomic mass is 16.5. The minimum Gasteiger partial charge on any atom is -0.381 e. The maximum atomic E-state index is 12.7. The van der Waals surface area contributed by atoms with Crippen molar-refractivity contribution in [2.45, 2.75) is 58.0 Å². The Bertz CT molecular complexity index is 358. The van der Waals surface area contributed by atoms with Crippen molar-refractivity contribution < 1.29 is 9.53 Å². The highest BCUT2D eigenvalue weighted by Crippen LogP contribution is 2.31. The van der Waals surface area contributed by atoms with Gasteiger partial charge in [0.15, 0.2) is 0 Å². The van der Waals surface area contributed by atoms with E-state index >= 15 is 0 Å². The molecule has 0 aromatic rings. The van der Waals surface area contributed by atoms with Crippen LogP contribution in [0.3, 0.4) is 0 Å². The molecule has 3 fully saturated rings. The highest BCUT2D eigenvalue weighted by Gasteiger charge is 2.37. The molecule has 1 aliphatic heterocycles. The SMILES string of the molecule is CC(C)CN(C(=O)CN(CC1CCOC1)C1CC1)C1CC1. The molecule has 21 heavy (non-hydrogen) atoms. The molecule has 1 unspecified atom stereocenters. The van der Waals surface area contributed by atoms with Crippen LogP contribution in [0.25, 0.3) is 0 Å². The summed E-state index contributed by atoms with van der Waals surface area (Å²) < 4.78 is 5.49. The van der Waals surface area contributed by atoms with E-state index in [0.717, 1.165) is 32.7 Å². The van der Waals surface area contributed by atoms with Gasteiger partial charge in [0.2, 0.25) is 5.91 Å². The van der Waals surface area contributed by atoms with E-state index in [4.69, 9.17) is 4.74 Å². The van der Waals surface area contributed by atoms with Crippen LogP contribution in [0.15, 0.2) is 0 Å². The number of hydrogen-bond donors (Lipinski definition) is 0. The van der Waals surface area contributed by atoms with E-state index in [1.54, 1.807) is 0 Å². The Hall–Kier alpha value is -0.610. The van der Waals surface area contributed by atoms with Gasteiger partial charge in [-0.1, -0.05) is 13.8 Å². The predicted octanol–water partition coefficient (Wildman–Crippen LogP) is 2.13. The molecule has 0 aromatic carbocycles. The summed E-state index contributed by atoms with van der Waals surface area (Å²) >= 11 is 0. The minimum absolute atomic E-state index is 0.358. The molecule has 0 bridgehead atoms. The lowest BCUT2D eigenvalue weighted by molar-refractivity contribution is -0.133. The van der Waals surface area contributed by atoms with Crippen LogP contribution in [-0.2, 0) is 9.53 Å². The van der Waals surface area contributed by atoms with E-state index in [1.165, 1.54) is 25.7 Å². The molecule has 120 valence electrons. The first-order chi connectivity index (χ1) is 10.1. The van der Waals surface area contributed by atoms with Crippen LogP contribution in [0.2, 0.25) is 0 Å². The largest absolute Gasteiger partial charge is 0.381 e. The average molecular weight is 294 g/mol. The van der Waals surface area contributed by atoms with Gasteiger partial charge < -0.3 is 9.64 Å². The van der Waals surface area contributed by atoms with Crippen molar-refractivity contribution in [1.82, 2.24) is 9.80 Å². The molecule has 0 spiro atoms. The molecule has 0 N–H and O–H groups in total. The van der Waals surface area contributed by atoms with E-state index in [-0.39, 0.29) is 0 Å². The van der Waals surface area contributed by atoms with Crippen LogP contribution in [0, 0.1) is 11.8 Å². The fourth-order valence-corrected chi connectivity index (χ4v) is 3.34. The third-order valence-electron chi connectivity index (χ3n) is 4.79. The fourth-order valence-electron chi connectivity index (χ4n) is 3.34. The zero-order valence-corrected chi connectivity index (χ0v) is 13.6. The smallest absolute Gasteiger partial charge is 0.237 e. The Labute approximate surface area is 128 Å². The molecular weight excluding hydrogens is 264 g/mol. The topological polar surface area (TPSA) is 32.8 Å². The molecule has 1 saturated heterocycles. The molecule has 2 saturated carbocycles. The summed E-state index contributed by atoms with van der Waals surface area (Å²) in [6, 6.07) is 1.20. The number of ether oxygens (including phenoxy) is 1. The van der Waals surface area contributed by atoms with E-state index in [2.05, 4.69) is 23.6 Å². The van der Waals surface area contributed by atoms with Gasteiger partial charge in [0.25, 0.3) is 0 Å². The van der Waals surface area contributed by atoms with Gasteiger partial charge in [-0.3, -0.25) is 9.69 Å². The number of nitrogens with zero attached hydrogens (tertiary/aromatic N) is 2. The first-order valence-corrected chi connectivity index (χ1v) is 8.74. The molecule has 3 rings (SSSR count). The molecule has 3 aliphatic rings. The monoisotopic (exact) mass is 294 g/mol. The zero-order valence-electron chi connectivity index (χ0n) is 13.6. The van der Waals surface area contributed by atoms with Crippen LogP contribution in [0.5, 0.6) is 0 Å². The molecule has 2 aliphatic carbocycles. The van der Waals surface area contributed by atoms with Crippen molar-refractivity contribution >= 4 is 5.91 Å². The summed E-state index contributed by atoms with van der Waals surface area (Å²) in [5, 5.41) is 0. The lowest BCUT2D eigenvalue weighted by Crippen LogP contribution is -2.45. The molecular formula is C17H30N2O2. The Morgan fingerprint density at radius 3 is 2.38 bits per heavy atom. The van der Waals surface area contributed by atoms with E-state index in [9.17, 15) is 4.79 Å². The number of hydrogen-bond acceptors (Lipinski definition) is 3. The predicted molar refractivity (Wildman–Crippen MR) is 83.1 cm³/mol. The fraction of sp³-hybridized carbons (Fsp3) is 0.941. The number of carbonyl (C=O) groups is 1. The van der Waals surface area contributed by atoms with Crippen molar-refractivity contribution in [2.75, 3.05) is 32.8 Å². The van der Waals surface area contributed by atoms with Gasteiger partial charge in [0.1, 0.15) is 0 Å². The highest BCUT2D eigenvalue weighted by molar-refractivity contribution is 5.79. The van der Waals surface area contributed by atoms with Crippen LogP contribution >= 0.6 is 0 Å². The van der Waals surface area contributed by atoms with Crippen LogP contribution < -0.4 is 0 Å². The summed E-state index contributed by atoms with van der Waals surface area (Å²) in [5.74, 6) is 1.56. The Morgan fingerprint density at radius 1 is 1.14 bits per heavy atom. The van der Waals surface area contributed by atoms with E-state index < -0.39 is 0 Å². The lowest BCUT2D eigenvalue weighted by atomic mass is 10.1. The van der Waals surface area contributed by atoms with Crippen LogP contribution in [0.4, 0.5) is 0 Å². The summed E-state index contributed by atoms with van der Waals surface area (Å²) in [6.07, 6.45) is 6.12. The second-order valence-electron chi connectivity index (χ2n) is 7.56. The first kappa shape index (κ1) is 15.3. The molecule has 4 heteroatoms. The molecule has 1 atom stereocenters. The second kappa shape index (κ2) is 6.66.